The minimum Gasteiger partial charge on any atom is -0.332 e. The molecule has 3 aromatic rings. The molecule has 3 rings (SSSR count). The molecule has 0 saturated carbocycles. The van der Waals surface area contributed by atoms with E-state index in [2.05, 4.69) is 21.2 Å². The number of hydrogen-bond acceptors (Lipinski definition) is 4. The number of aryl methyl sites for hydroxylation is 2. The monoisotopic (exact) mass is 433 g/mol. The lowest BCUT2D eigenvalue weighted by molar-refractivity contribution is 0.0936. The van der Waals surface area contributed by atoms with Crippen molar-refractivity contribution in [3.05, 3.63) is 68.1 Å². The molecule has 150 valence electrons. The minimum atomic E-state index is -0.776. The van der Waals surface area contributed by atoms with Crippen LogP contribution >= 0.6 is 23.2 Å². The second kappa shape index (κ2) is 8.50. The summed E-state index contributed by atoms with van der Waals surface area (Å²) in [5, 5.41) is 3.23. The molecule has 3 N–H and O–H groups in total. The Morgan fingerprint density at radius 1 is 1.10 bits per heavy atom. The average Bonchev–Trinajstić information content (AvgIpc) is 2.69. The summed E-state index contributed by atoms with van der Waals surface area (Å²) in [6.45, 7) is 4.19. The molecule has 0 aliphatic heterocycles. The molecule has 3 amide bonds. The van der Waals surface area contributed by atoms with Crippen LogP contribution in [0, 0.1) is 6.92 Å². The Kier molecular flexibility index (Phi) is 6.05. The first-order valence-corrected chi connectivity index (χ1v) is 9.39. The largest absolute Gasteiger partial charge is 0.338 e. The van der Waals surface area contributed by atoms with Crippen LogP contribution in [0.1, 0.15) is 23.0 Å². The second-order valence-corrected chi connectivity index (χ2v) is 6.93. The number of para-hydroxylation sites is 1. The van der Waals surface area contributed by atoms with Gasteiger partial charge in [-0.25, -0.2) is 15.2 Å². The van der Waals surface area contributed by atoms with Crippen LogP contribution in [-0.4, -0.2) is 21.5 Å². The van der Waals surface area contributed by atoms with E-state index in [1.165, 1.54) is 6.20 Å². The van der Waals surface area contributed by atoms with Crippen LogP contribution in [0.3, 0.4) is 0 Å². The van der Waals surface area contributed by atoms with Crippen LogP contribution in [0.15, 0.2) is 41.3 Å². The molecule has 0 spiro atoms. The zero-order chi connectivity index (χ0) is 21.1. The third-order valence-electron chi connectivity index (χ3n) is 4.14. The molecule has 0 aliphatic carbocycles. The average molecular weight is 434 g/mol. The number of halogens is 2. The molecule has 0 aliphatic rings. The smallest absolute Gasteiger partial charge is 0.332 e. The van der Waals surface area contributed by atoms with E-state index < -0.39 is 17.4 Å². The Balaban J connectivity index is 1.80. The number of carbonyl (C=O) groups is 2. The molecule has 2 aromatic heterocycles. The Morgan fingerprint density at radius 3 is 2.45 bits per heavy atom. The van der Waals surface area contributed by atoms with Crippen molar-refractivity contribution in [2.24, 2.45) is 0 Å². The van der Waals surface area contributed by atoms with E-state index in [4.69, 9.17) is 23.2 Å². The Hall–Kier alpha value is -3.10. The van der Waals surface area contributed by atoms with Crippen molar-refractivity contribution in [1.29, 1.82) is 0 Å². The van der Waals surface area contributed by atoms with Crippen LogP contribution in [0.2, 0.25) is 10.0 Å². The number of carbonyl (C=O) groups excluding carboxylic acids is 2. The highest BCUT2D eigenvalue weighted by Crippen LogP contribution is 2.29. The number of nitrogens with one attached hydrogen (secondary N) is 3. The molecular formula is C19H17Cl2N5O3. The summed E-state index contributed by atoms with van der Waals surface area (Å²) in [5.41, 5.74) is 5.22. The van der Waals surface area contributed by atoms with E-state index in [9.17, 15) is 14.4 Å². The van der Waals surface area contributed by atoms with Crippen LogP contribution in [0.5, 0.6) is 0 Å². The number of pyridine rings is 2. The fourth-order valence-electron chi connectivity index (χ4n) is 2.71. The summed E-state index contributed by atoms with van der Waals surface area (Å²) in [6, 6.07) is 7.29. The summed E-state index contributed by atoms with van der Waals surface area (Å²) in [7, 11) is 0. The van der Waals surface area contributed by atoms with Gasteiger partial charge in [-0.2, -0.15) is 0 Å². The Bertz CT molecular complexity index is 1160. The number of fused-ring (bicyclic) bond motifs is 1. The summed E-state index contributed by atoms with van der Waals surface area (Å²) < 4.78 is 1.70. The molecule has 8 nitrogen and oxygen atoms in total. The number of aromatic nitrogens is 2. The lowest BCUT2D eigenvalue weighted by Gasteiger charge is -2.13. The molecule has 0 saturated heterocycles. The second-order valence-electron chi connectivity index (χ2n) is 6.11. The molecular weight excluding hydrogens is 417 g/mol. The van der Waals surface area contributed by atoms with Crippen LogP contribution in [-0.2, 0) is 6.54 Å². The van der Waals surface area contributed by atoms with Gasteiger partial charge in [-0.05, 0) is 38.1 Å². The Morgan fingerprint density at radius 2 is 1.79 bits per heavy atom. The first-order chi connectivity index (χ1) is 13.8. The zero-order valence-electron chi connectivity index (χ0n) is 15.5. The quantitative estimate of drug-likeness (QED) is 0.549. The van der Waals surface area contributed by atoms with Gasteiger partial charge in [0.1, 0.15) is 11.2 Å². The van der Waals surface area contributed by atoms with Gasteiger partial charge in [0.05, 0.1) is 21.1 Å². The topological polar surface area (TPSA) is 105 Å². The van der Waals surface area contributed by atoms with Crippen LogP contribution in [0.4, 0.5) is 10.5 Å². The van der Waals surface area contributed by atoms with Crippen LogP contribution in [0.25, 0.3) is 11.0 Å². The summed E-state index contributed by atoms with van der Waals surface area (Å²) >= 11 is 12.0. The van der Waals surface area contributed by atoms with Crippen molar-refractivity contribution in [3.8, 4) is 0 Å². The number of anilines is 1. The molecule has 2 heterocycles. The number of nitrogens with zero attached hydrogens (tertiary/aromatic N) is 2. The van der Waals surface area contributed by atoms with Crippen molar-refractivity contribution < 1.29 is 9.59 Å². The van der Waals surface area contributed by atoms with Gasteiger partial charge in [0.25, 0.3) is 5.91 Å². The highest BCUT2D eigenvalue weighted by atomic mass is 35.5. The summed E-state index contributed by atoms with van der Waals surface area (Å²) in [6.07, 6.45) is 1.41. The van der Waals surface area contributed by atoms with Gasteiger partial charge in [-0.15, -0.1) is 0 Å². The van der Waals surface area contributed by atoms with Crippen molar-refractivity contribution in [2.75, 3.05) is 5.32 Å². The number of amides is 3. The standard InChI is InChI=1S/C19H17Cl2N5O3/c1-3-26-9-12(16(27)11-8-7-10(2)22-17(11)26)18(28)24-25-19(29)23-15-13(20)5-4-6-14(15)21/h4-9H,3H2,1-2H3,(H,24,28)(H2,23,25,29). The predicted octanol–water partition coefficient (Wildman–Crippen LogP) is 3.50. The van der Waals surface area contributed by atoms with E-state index in [1.54, 1.807) is 34.9 Å². The molecule has 1 aromatic carbocycles. The first kappa shape index (κ1) is 20.6. The molecule has 0 bridgehead atoms. The number of urea groups is 1. The van der Waals surface area contributed by atoms with E-state index >= 15 is 0 Å². The maximum Gasteiger partial charge on any atom is 0.338 e. The third-order valence-corrected chi connectivity index (χ3v) is 4.77. The number of hydrogen-bond donors (Lipinski definition) is 3. The van der Waals surface area contributed by atoms with E-state index in [-0.39, 0.29) is 21.3 Å². The van der Waals surface area contributed by atoms with E-state index in [0.717, 1.165) is 5.69 Å². The van der Waals surface area contributed by atoms with Crippen molar-refractivity contribution in [3.63, 3.8) is 0 Å². The fourth-order valence-corrected chi connectivity index (χ4v) is 3.20. The highest BCUT2D eigenvalue weighted by molar-refractivity contribution is 6.39. The maximum absolute atomic E-state index is 12.7. The van der Waals surface area contributed by atoms with Crippen molar-refractivity contribution in [2.45, 2.75) is 20.4 Å². The van der Waals surface area contributed by atoms with E-state index in [1.807, 2.05) is 13.8 Å². The van der Waals surface area contributed by atoms with Gasteiger partial charge in [-0.3, -0.25) is 15.0 Å². The number of benzene rings is 1. The number of hydrazine groups is 1. The first-order valence-electron chi connectivity index (χ1n) is 8.64. The van der Waals surface area contributed by atoms with Crippen molar-refractivity contribution >= 4 is 51.9 Å². The zero-order valence-corrected chi connectivity index (χ0v) is 17.1. The Labute approximate surface area is 175 Å². The van der Waals surface area contributed by atoms with Gasteiger partial charge in [0.2, 0.25) is 5.43 Å². The molecule has 0 radical (unpaired) electrons. The van der Waals surface area contributed by atoms with Gasteiger partial charge in [0, 0.05) is 18.4 Å². The maximum atomic E-state index is 12.7. The minimum absolute atomic E-state index is 0.124. The SMILES string of the molecule is CCn1cc(C(=O)NNC(=O)Nc2c(Cl)cccc2Cl)c(=O)c2ccc(C)nc21. The molecule has 10 heteroatoms. The van der Waals surface area contributed by atoms with Gasteiger partial charge >= 0.3 is 6.03 Å². The normalized spacial score (nSPS) is 10.6. The van der Waals surface area contributed by atoms with Crippen LogP contribution < -0.4 is 21.6 Å². The summed E-state index contributed by atoms with van der Waals surface area (Å²) in [4.78, 5) is 41.6. The number of rotatable bonds is 3. The van der Waals surface area contributed by atoms with Gasteiger partial charge in [-0.1, -0.05) is 29.3 Å². The lowest BCUT2D eigenvalue weighted by Crippen LogP contribution is -2.45. The predicted molar refractivity (Wildman–Crippen MR) is 112 cm³/mol. The molecule has 29 heavy (non-hydrogen) atoms. The molecule has 0 unspecified atom stereocenters. The summed E-state index contributed by atoms with van der Waals surface area (Å²) in [5.74, 6) is -0.764. The van der Waals surface area contributed by atoms with Gasteiger partial charge in [0.15, 0.2) is 0 Å². The molecule has 0 fully saturated rings. The lowest BCUT2D eigenvalue weighted by atomic mass is 10.1. The highest BCUT2D eigenvalue weighted by Gasteiger charge is 2.17. The molecule has 0 atom stereocenters. The fraction of sp³-hybridized carbons (Fsp3) is 0.158. The van der Waals surface area contributed by atoms with Gasteiger partial charge < -0.3 is 9.88 Å². The third kappa shape index (κ3) is 4.33. The van der Waals surface area contributed by atoms with E-state index in [0.29, 0.717) is 17.6 Å². The van der Waals surface area contributed by atoms with Crippen molar-refractivity contribution in [1.82, 2.24) is 20.4 Å².